The molecule has 6 nitrogen and oxygen atoms in total. The molecule has 1 aromatic rings. The number of halogens is 1. The molecule has 94 valence electrons. The molecular weight excluding hydrogens is 229 g/mol. The lowest BCUT2D eigenvalue weighted by Gasteiger charge is -2.08. The molecule has 0 unspecified atom stereocenters. The van der Waals surface area contributed by atoms with Crippen molar-refractivity contribution in [1.29, 1.82) is 0 Å². The quantitative estimate of drug-likeness (QED) is 0.801. The average Bonchev–Trinajstić information content (AvgIpc) is 2.30. The first-order valence-corrected chi connectivity index (χ1v) is 5.28. The van der Waals surface area contributed by atoms with E-state index in [4.69, 9.17) is 10.5 Å². The number of rotatable bonds is 4. The molecule has 0 bridgehead atoms. The number of ether oxygens (including phenoxy) is 1. The van der Waals surface area contributed by atoms with Crippen molar-refractivity contribution < 1.29 is 13.9 Å². The number of carbonyl (C=O) groups excluding carboxylic acids is 1. The average molecular weight is 243 g/mol. The third-order valence-electron chi connectivity index (χ3n) is 2.12. The Bertz CT molecular complexity index is 459. The smallest absolute Gasteiger partial charge is 0.424 e. The van der Waals surface area contributed by atoms with Crippen LogP contribution < -0.4 is 11.4 Å². The van der Waals surface area contributed by atoms with Crippen molar-refractivity contribution in [3.63, 3.8) is 0 Å². The molecule has 0 saturated heterocycles. The van der Waals surface area contributed by atoms with E-state index in [2.05, 4.69) is 4.98 Å². The number of hydrogen-bond acceptors (Lipinski definition) is 5. The Morgan fingerprint density at radius 1 is 1.59 bits per heavy atom. The van der Waals surface area contributed by atoms with Crippen LogP contribution in [0.1, 0.15) is 26.2 Å². The molecule has 0 aliphatic rings. The van der Waals surface area contributed by atoms with E-state index in [1.54, 1.807) is 0 Å². The number of nitrogen functional groups attached to an aromatic ring is 1. The lowest BCUT2D eigenvalue weighted by molar-refractivity contribution is 0.144. The first-order valence-electron chi connectivity index (χ1n) is 5.28. The number of unbranched alkanes of at least 4 members (excludes halogenated alkanes) is 2. The second-order valence-corrected chi connectivity index (χ2v) is 3.43. The summed E-state index contributed by atoms with van der Waals surface area (Å²) >= 11 is 0. The highest BCUT2D eigenvalue weighted by Gasteiger charge is 2.15. The predicted octanol–water partition coefficient (Wildman–Crippen LogP) is 1.14. The molecule has 0 aliphatic carbocycles. The summed E-state index contributed by atoms with van der Waals surface area (Å²) in [7, 11) is 0. The van der Waals surface area contributed by atoms with Gasteiger partial charge in [-0.2, -0.15) is 9.55 Å². The van der Waals surface area contributed by atoms with Gasteiger partial charge in [0.15, 0.2) is 11.6 Å². The molecule has 1 aromatic heterocycles. The SMILES string of the molecule is CCCCCOC(=O)n1c(N)c(F)cnc1=O. The maximum absolute atomic E-state index is 13.0. The van der Waals surface area contributed by atoms with Crippen LogP contribution in [0.15, 0.2) is 11.0 Å². The van der Waals surface area contributed by atoms with Crippen molar-refractivity contribution in [3.8, 4) is 0 Å². The van der Waals surface area contributed by atoms with Crippen LogP contribution in [0.25, 0.3) is 0 Å². The summed E-state index contributed by atoms with van der Waals surface area (Å²) in [5.74, 6) is -1.53. The van der Waals surface area contributed by atoms with E-state index in [1.807, 2.05) is 6.92 Å². The molecular formula is C10H14FN3O3. The number of aromatic nitrogens is 2. The molecule has 0 saturated carbocycles. The minimum atomic E-state index is -1.00. The van der Waals surface area contributed by atoms with Crippen molar-refractivity contribution >= 4 is 11.9 Å². The second-order valence-electron chi connectivity index (χ2n) is 3.43. The molecule has 2 N–H and O–H groups in total. The van der Waals surface area contributed by atoms with E-state index < -0.39 is 23.4 Å². The molecule has 1 rings (SSSR count). The highest BCUT2D eigenvalue weighted by Crippen LogP contribution is 2.05. The highest BCUT2D eigenvalue weighted by molar-refractivity contribution is 5.73. The van der Waals surface area contributed by atoms with Crippen molar-refractivity contribution in [1.82, 2.24) is 9.55 Å². The summed E-state index contributed by atoms with van der Waals surface area (Å²) < 4.78 is 18.2. The fourth-order valence-electron chi connectivity index (χ4n) is 1.20. The largest absolute Gasteiger partial charge is 0.449 e. The van der Waals surface area contributed by atoms with Crippen LogP contribution in [0.3, 0.4) is 0 Å². The van der Waals surface area contributed by atoms with Gasteiger partial charge in [0, 0.05) is 0 Å². The molecule has 0 fully saturated rings. The van der Waals surface area contributed by atoms with Gasteiger partial charge in [-0.25, -0.2) is 14.0 Å². The molecule has 7 heteroatoms. The molecule has 1 heterocycles. The third kappa shape index (κ3) is 3.27. The van der Waals surface area contributed by atoms with Crippen LogP contribution in [-0.4, -0.2) is 22.3 Å². The van der Waals surface area contributed by atoms with Crippen LogP contribution in [-0.2, 0) is 4.74 Å². The Morgan fingerprint density at radius 3 is 2.94 bits per heavy atom. The Labute approximate surface area is 97.2 Å². The van der Waals surface area contributed by atoms with Gasteiger partial charge in [0.1, 0.15) is 0 Å². The monoisotopic (exact) mass is 243 g/mol. The van der Waals surface area contributed by atoms with Crippen LogP contribution >= 0.6 is 0 Å². The van der Waals surface area contributed by atoms with Crippen molar-refractivity contribution in [3.05, 3.63) is 22.5 Å². The zero-order valence-corrected chi connectivity index (χ0v) is 9.48. The summed E-state index contributed by atoms with van der Waals surface area (Å²) in [6.45, 7) is 2.16. The summed E-state index contributed by atoms with van der Waals surface area (Å²) in [6, 6.07) is 0. The minimum Gasteiger partial charge on any atom is -0.449 e. The molecule has 17 heavy (non-hydrogen) atoms. The molecule has 0 amide bonds. The van der Waals surface area contributed by atoms with E-state index >= 15 is 0 Å². The van der Waals surface area contributed by atoms with E-state index in [9.17, 15) is 14.0 Å². The Hall–Kier alpha value is -1.92. The van der Waals surface area contributed by atoms with Crippen molar-refractivity contribution in [2.24, 2.45) is 0 Å². The highest BCUT2D eigenvalue weighted by atomic mass is 19.1. The standard InChI is InChI=1S/C10H14FN3O3/c1-2-3-4-5-17-10(16)14-8(12)7(11)6-13-9(14)15/h6H,2-5,12H2,1H3. The topological polar surface area (TPSA) is 87.2 Å². The summed E-state index contributed by atoms with van der Waals surface area (Å²) in [5, 5.41) is 0. The number of nitrogens with zero attached hydrogens (tertiary/aromatic N) is 2. The maximum atomic E-state index is 13.0. The maximum Gasteiger partial charge on any atom is 0.424 e. The zero-order valence-electron chi connectivity index (χ0n) is 9.48. The van der Waals surface area contributed by atoms with Gasteiger partial charge in [0.2, 0.25) is 0 Å². The Kier molecular flexibility index (Phi) is 4.62. The van der Waals surface area contributed by atoms with E-state index in [1.165, 1.54) is 0 Å². The first-order chi connectivity index (χ1) is 8.07. The Morgan fingerprint density at radius 2 is 2.29 bits per heavy atom. The van der Waals surface area contributed by atoms with Gasteiger partial charge in [-0.15, -0.1) is 0 Å². The number of nitrogens with two attached hydrogens (primary N) is 1. The molecule has 0 spiro atoms. The van der Waals surface area contributed by atoms with Crippen molar-refractivity contribution in [2.45, 2.75) is 26.2 Å². The predicted molar refractivity (Wildman–Crippen MR) is 59.1 cm³/mol. The van der Waals surface area contributed by atoms with Gasteiger partial charge in [0.05, 0.1) is 12.8 Å². The number of hydrogen-bond donors (Lipinski definition) is 1. The van der Waals surface area contributed by atoms with Gasteiger partial charge in [0.25, 0.3) is 0 Å². The summed E-state index contributed by atoms with van der Waals surface area (Å²) in [6.07, 6.45) is 2.22. The zero-order chi connectivity index (χ0) is 12.8. The van der Waals surface area contributed by atoms with E-state index in [0.29, 0.717) is 17.2 Å². The molecule has 0 aliphatic heterocycles. The molecule has 0 radical (unpaired) electrons. The van der Waals surface area contributed by atoms with Crippen molar-refractivity contribution in [2.75, 3.05) is 12.3 Å². The first kappa shape index (κ1) is 13.1. The van der Waals surface area contributed by atoms with Gasteiger partial charge < -0.3 is 10.5 Å². The number of carbonyl (C=O) groups is 1. The van der Waals surface area contributed by atoms with E-state index in [-0.39, 0.29) is 6.61 Å². The fraction of sp³-hybridized carbons (Fsp3) is 0.500. The lowest BCUT2D eigenvalue weighted by atomic mass is 10.3. The minimum absolute atomic E-state index is 0.162. The lowest BCUT2D eigenvalue weighted by Crippen LogP contribution is -2.32. The van der Waals surface area contributed by atoms with Crippen LogP contribution in [0.2, 0.25) is 0 Å². The van der Waals surface area contributed by atoms with Gasteiger partial charge in [-0.05, 0) is 6.42 Å². The summed E-state index contributed by atoms with van der Waals surface area (Å²) in [5.41, 5.74) is 4.31. The normalized spacial score (nSPS) is 10.2. The van der Waals surface area contributed by atoms with Crippen LogP contribution in [0.4, 0.5) is 15.0 Å². The fourth-order valence-corrected chi connectivity index (χ4v) is 1.20. The molecule has 0 aromatic carbocycles. The van der Waals surface area contributed by atoms with E-state index in [0.717, 1.165) is 12.8 Å². The third-order valence-corrected chi connectivity index (χ3v) is 2.12. The van der Waals surface area contributed by atoms with Gasteiger partial charge in [-0.1, -0.05) is 19.8 Å². The second kappa shape index (κ2) is 5.97. The van der Waals surface area contributed by atoms with Crippen LogP contribution in [0.5, 0.6) is 0 Å². The van der Waals surface area contributed by atoms with Gasteiger partial charge >= 0.3 is 11.8 Å². The summed E-state index contributed by atoms with van der Waals surface area (Å²) in [4.78, 5) is 25.8. The molecule has 0 atom stereocenters. The Balaban J connectivity index is 2.75. The van der Waals surface area contributed by atoms with Gasteiger partial charge in [-0.3, -0.25) is 0 Å². The number of anilines is 1. The van der Waals surface area contributed by atoms with Crippen LogP contribution in [0, 0.1) is 5.82 Å².